The molecule has 0 radical (unpaired) electrons. The van der Waals surface area contributed by atoms with Crippen molar-refractivity contribution in [2.45, 2.75) is 38.3 Å². The number of piperidine rings is 1. The van der Waals surface area contributed by atoms with Crippen LogP contribution < -0.4 is 15.4 Å². The number of hydrogen-bond acceptors (Lipinski definition) is 5. The highest BCUT2D eigenvalue weighted by molar-refractivity contribution is 6.07. The minimum absolute atomic E-state index is 0.110. The zero-order valence-electron chi connectivity index (χ0n) is 18.1. The summed E-state index contributed by atoms with van der Waals surface area (Å²) < 4.78 is 19.8. The van der Waals surface area contributed by atoms with Gasteiger partial charge >= 0.3 is 6.03 Å². The van der Waals surface area contributed by atoms with Gasteiger partial charge in [0.1, 0.15) is 11.4 Å². The van der Waals surface area contributed by atoms with E-state index in [1.54, 1.807) is 24.3 Å². The van der Waals surface area contributed by atoms with Gasteiger partial charge in [-0.1, -0.05) is 30.3 Å². The van der Waals surface area contributed by atoms with Crippen molar-refractivity contribution in [2.75, 3.05) is 19.7 Å². The van der Waals surface area contributed by atoms with E-state index >= 15 is 0 Å². The number of urea groups is 1. The topological polar surface area (TPSA) is 90.9 Å². The van der Waals surface area contributed by atoms with Crippen LogP contribution in [-0.2, 0) is 17.8 Å². The van der Waals surface area contributed by atoms with E-state index in [1.807, 2.05) is 19.1 Å². The summed E-state index contributed by atoms with van der Waals surface area (Å²) in [4.78, 5) is 27.1. The Hall–Kier alpha value is -3.13. The number of hydrogen-bond donors (Lipinski definition) is 3. The number of aromatic hydroxyl groups is 1. The van der Waals surface area contributed by atoms with Crippen molar-refractivity contribution < 1.29 is 23.8 Å². The first-order chi connectivity index (χ1) is 15.4. The number of para-hydroxylation sites is 1. The number of halogens is 1. The molecule has 7 nitrogen and oxygen atoms in total. The van der Waals surface area contributed by atoms with E-state index in [1.165, 1.54) is 6.07 Å². The highest BCUT2D eigenvalue weighted by atomic mass is 19.1. The molecule has 0 bridgehead atoms. The number of phenols is 1. The zero-order valence-corrected chi connectivity index (χ0v) is 18.1. The van der Waals surface area contributed by atoms with Crippen molar-refractivity contribution in [3.63, 3.8) is 0 Å². The molecular formula is C24H28FN3O4. The standard InChI is InChI=1S/C24H28FN3O4/c1-2-32-20-9-5-7-17(21(20)29)15-28-12-10-18(11-13-28)24(22(30)26-23(31)27-24)14-16-6-3-4-8-19(16)25/h3-9,18,29H,2,10-15H2,1H3,(H2,26,27,30,31)/t24-/m1/s1. The summed E-state index contributed by atoms with van der Waals surface area (Å²) in [6.45, 7) is 4.26. The minimum Gasteiger partial charge on any atom is -0.504 e. The third-order valence-electron chi connectivity index (χ3n) is 6.46. The molecule has 2 aromatic rings. The quantitative estimate of drug-likeness (QED) is 0.575. The Morgan fingerprint density at radius 3 is 2.50 bits per heavy atom. The Kier molecular flexibility index (Phi) is 6.32. The van der Waals surface area contributed by atoms with Gasteiger partial charge in [-0.25, -0.2) is 9.18 Å². The molecule has 0 aliphatic carbocycles. The van der Waals surface area contributed by atoms with Crippen LogP contribution in [0.2, 0.25) is 0 Å². The molecule has 0 saturated carbocycles. The molecule has 2 aliphatic heterocycles. The third-order valence-corrected chi connectivity index (χ3v) is 6.46. The van der Waals surface area contributed by atoms with Crippen LogP contribution in [0.3, 0.4) is 0 Å². The molecule has 32 heavy (non-hydrogen) atoms. The lowest BCUT2D eigenvalue weighted by Crippen LogP contribution is -2.57. The summed E-state index contributed by atoms with van der Waals surface area (Å²) in [6.07, 6.45) is 1.43. The number of benzene rings is 2. The molecule has 3 amide bonds. The molecule has 1 atom stereocenters. The van der Waals surface area contributed by atoms with E-state index in [-0.39, 0.29) is 23.9 Å². The SMILES string of the molecule is CCOc1cccc(CN2CCC([C@@]3(Cc4ccccc4F)NC(=O)NC3=O)CC2)c1O. The fraction of sp³-hybridized carbons (Fsp3) is 0.417. The van der Waals surface area contributed by atoms with E-state index in [2.05, 4.69) is 15.5 Å². The molecule has 2 aromatic carbocycles. The van der Waals surface area contributed by atoms with Crippen molar-refractivity contribution in [3.05, 3.63) is 59.4 Å². The molecule has 2 fully saturated rings. The number of likely N-dealkylation sites (tertiary alicyclic amines) is 1. The van der Waals surface area contributed by atoms with Gasteiger partial charge in [-0.15, -0.1) is 0 Å². The second-order valence-electron chi connectivity index (χ2n) is 8.40. The Bertz CT molecular complexity index is 1010. The molecule has 0 aromatic heterocycles. The van der Waals surface area contributed by atoms with E-state index < -0.39 is 17.5 Å². The highest BCUT2D eigenvalue weighted by Gasteiger charge is 2.52. The fourth-order valence-corrected chi connectivity index (χ4v) is 4.80. The predicted octanol–water partition coefficient (Wildman–Crippen LogP) is 2.96. The first-order valence-electron chi connectivity index (χ1n) is 11.0. The zero-order chi connectivity index (χ0) is 22.7. The molecule has 2 saturated heterocycles. The van der Waals surface area contributed by atoms with Crippen LogP contribution >= 0.6 is 0 Å². The van der Waals surface area contributed by atoms with Gasteiger partial charge in [0.25, 0.3) is 5.91 Å². The summed E-state index contributed by atoms with van der Waals surface area (Å²) in [5, 5.41) is 15.6. The molecule has 0 unspecified atom stereocenters. The fourth-order valence-electron chi connectivity index (χ4n) is 4.80. The lowest BCUT2D eigenvalue weighted by atomic mass is 9.74. The summed E-state index contributed by atoms with van der Waals surface area (Å²) in [7, 11) is 0. The average Bonchev–Trinajstić information content (AvgIpc) is 3.07. The van der Waals surface area contributed by atoms with Gasteiger partial charge in [0.15, 0.2) is 11.5 Å². The van der Waals surface area contributed by atoms with Crippen LogP contribution in [-0.4, -0.2) is 47.2 Å². The van der Waals surface area contributed by atoms with Crippen molar-refractivity contribution >= 4 is 11.9 Å². The van der Waals surface area contributed by atoms with Crippen molar-refractivity contribution in [3.8, 4) is 11.5 Å². The molecule has 8 heteroatoms. The maximum Gasteiger partial charge on any atom is 0.322 e. The second-order valence-corrected chi connectivity index (χ2v) is 8.40. The lowest BCUT2D eigenvalue weighted by Gasteiger charge is -2.40. The second kappa shape index (κ2) is 9.16. The number of imide groups is 1. The van der Waals surface area contributed by atoms with Gasteiger partial charge in [-0.2, -0.15) is 0 Å². The third kappa shape index (κ3) is 4.27. The molecule has 4 rings (SSSR count). The number of nitrogens with zero attached hydrogens (tertiary/aromatic N) is 1. The van der Waals surface area contributed by atoms with Crippen LogP contribution in [0.4, 0.5) is 9.18 Å². The van der Waals surface area contributed by atoms with Crippen molar-refractivity contribution in [1.29, 1.82) is 0 Å². The average molecular weight is 442 g/mol. The number of amides is 3. The summed E-state index contributed by atoms with van der Waals surface area (Å²) in [6, 6.07) is 11.3. The Morgan fingerprint density at radius 1 is 1.12 bits per heavy atom. The maximum absolute atomic E-state index is 14.3. The maximum atomic E-state index is 14.3. The van der Waals surface area contributed by atoms with Crippen LogP contribution in [0.5, 0.6) is 11.5 Å². The summed E-state index contributed by atoms with van der Waals surface area (Å²) >= 11 is 0. The van der Waals surface area contributed by atoms with Crippen LogP contribution in [0, 0.1) is 11.7 Å². The van der Waals surface area contributed by atoms with Crippen molar-refractivity contribution in [2.24, 2.45) is 5.92 Å². The van der Waals surface area contributed by atoms with Crippen LogP contribution in [0.25, 0.3) is 0 Å². The lowest BCUT2D eigenvalue weighted by molar-refractivity contribution is -0.126. The van der Waals surface area contributed by atoms with Gasteiger partial charge in [-0.05, 0) is 56.5 Å². The summed E-state index contributed by atoms with van der Waals surface area (Å²) in [5.41, 5.74) is 0.0230. The molecule has 3 N–H and O–H groups in total. The number of phenolic OH excluding ortho intramolecular Hbond substituents is 1. The number of rotatable bonds is 7. The van der Waals surface area contributed by atoms with Crippen LogP contribution in [0.15, 0.2) is 42.5 Å². The van der Waals surface area contributed by atoms with Gasteiger partial charge in [-0.3, -0.25) is 15.0 Å². The molecular weight excluding hydrogens is 413 g/mol. The molecule has 0 spiro atoms. The van der Waals surface area contributed by atoms with E-state index in [9.17, 15) is 19.1 Å². The molecule has 2 heterocycles. The summed E-state index contributed by atoms with van der Waals surface area (Å²) in [5.74, 6) is -0.300. The smallest absolute Gasteiger partial charge is 0.322 e. The highest BCUT2D eigenvalue weighted by Crippen LogP contribution is 2.36. The predicted molar refractivity (Wildman–Crippen MR) is 117 cm³/mol. The van der Waals surface area contributed by atoms with E-state index in [0.29, 0.717) is 50.4 Å². The monoisotopic (exact) mass is 441 g/mol. The van der Waals surface area contributed by atoms with Crippen LogP contribution in [0.1, 0.15) is 30.9 Å². The first kappa shape index (κ1) is 22.1. The molecule has 2 aliphatic rings. The normalized spacial score (nSPS) is 21.9. The Balaban J connectivity index is 1.48. The van der Waals surface area contributed by atoms with Crippen molar-refractivity contribution in [1.82, 2.24) is 15.5 Å². The van der Waals surface area contributed by atoms with Gasteiger partial charge in [0, 0.05) is 18.5 Å². The number of carbonyl (C=O) groups excluding carboxylic acids is 2. The molecule has 170 valence electrons. The Morgan fingerprint density at radius 2 is 1.84 bits per heavy atom. The first-order valence-corrected chi connectivity index (χ1v) is 11.0. The van der Waals surface area contributed by atoms with Gasteiger partial charge in [0.05, 0.1) is 6.61 Å². The van der Waals surface area contributed by atoms with E-state index in [0.717, 1.165) is 5.56 Å². The minimum atomic E-state index is -1.16. The number of carbonyl (C=O) groups is 2. The van der Waals surface area contributed by atoms with E-state index in [4.69, 9.17) is 4.74 Å². The largest absolute Gasteiger partial charge is 0.504 e. The van der Waals surface area contributed by atoms with Gasteiger partial charge < -0.3 is 15.2 Å². The van der Waals surface area contributed by atoms with Gasteiger partial charge in [0.2, 0.25) is 0 Å². The Labute approximate surface area is 186 Å². The number of ether oxygens (including phenoxy) is 1. The number of nitrogens with one attached hydrogen (secondary N) is 2.